The summed E-state index contributed by atoms with van der Waals surface area (Å²) in [6.45, 7) is 3.99. The zero-order valence-corrected chi connectivity index (χ0v) is 14.7. The van der Waals surface area contributed by atoms with Gasteiger partial charge in [0.15, 0.2) is 0 Å². The van der Waals surface area contributed by atoms with E-state index in [1.807, 2.05) is 6.07 Å². The van der Waals surface area contributed by atoms with Crippen molar-refractivity contribution in [3.63, 3.8) is 0 Å². The Morgan fingerprint density at radius 1 is 1.40 bits per heavy atom. The molecule has 1 aromatic carbocycles. The quantitative estimate of drug-likeness (QED) is 0.611. The van der Waals surface area contributed by atoms with Gasteiger partial charge in [0.1, 0.15) is 11.8 Å². The molecule has 25 heavy (non-hydrogen) atoms. The molecule has 0 radical (unpaired) electrons. The molecule has 1 heterocycles. The van der Waals surface area contributed by atoms with Crippen LogP contribution >= 0.6 is 23.2 Å². The number of phenols is 1. The van der Waals surface area contributed by atoms with E-state index in [-0.39, 0.29) is 52.9 Å². The van der Waals surface area contributed by atoms with Gasteiger partial charge in [-0.25, -0.2) is 0 Å². The van der Waals surface area contributed by atoms with Crippen molar-refractivity contribution in [1.82, 2.24) is 9.80 Å². The summed E-state index contributed by atoms with van der Waals surface area (Å²) in [5, 5.41) is 22.3. The van der Waals surface area contributed by atoms with Gasteiger partial charge in [-0.3, -0.25) is 9.59 Å². The van der Waals surface area contributed by atoms with E-state index in [0.717, 1.165) is 6.08 Å². The van der Waals surface area contributed by atoms with Gasteiger partial charge in [0.2, 0.25) is 11.8 Å². The molecule has 7 nitrogen and oxygen atoms in total. The van der Waals surface area contributed by atoms with Gasteiger partial charge >= 0.3 is 0 Å². The molecule has 0 spiro atoms. The van der Waals surface area contributed by atoms with Crippen molar-refractivity contribution >= 4 is 40.7 Å². The summed E-state index contributed by atoms with van der Waals surface area (Å²) >= 11 is 11.7. The number of nitriles is 1. The maximum Gasteiger partial charge on any atom is 0.247 e. The minimum absolute atomic E-state index is 0.0981. The van der Waals surface area contributed by atoms with Crippen LogP contribution in [-0.2, 0) is 9.59 Å². The molecule has 2 amide bonds. The number of benzene rings is 1. The van der Waals surface area contributed by atoms with Crippen LogP contribution in [0.2, 0.25) is 10.0 Å². The summed E-state index contributed by atoms with van der Waals surface area (Å²) in [4.78, 5) is 26.9. The van der Waals surface area contributed by atoms with E-state index in [1.165, 1.54) is 21.9 Å². The standard InChI is InChI=1S/C16H16Cl2N4O3/c1-2-15(24)22-4-3-21(9-10(22)7-19)16(25)8-20-13-5-11(17)12(18)6-14(13)23/h2,5-6,10,20,23H,1,3-4,8-9H2. The molecule has 1 aliphatic heterocycles. The number of halogens is 2. The van der Waals surface area contributed by atoms with Gasteiger partial charge in [-0.1, -0.05) is 29.8 Å². The highest BCUT2D eigenvalue weighted by atomic mass is 35.5. The Morgan fingerprint density at radius 3 is 2.72 bits per heavy atom. The number of piperazine rings is 1. The molecule has 0 saturated carbocycles. The normalized spacial score (nSPS) is 16.9. The minimum Gasteiger partial charge on any atom is -0.506 e. The van der Waals surface area contributed by atoms with Crippen LogP contribution in [0.25, 0.3) is 0 Å². The van der Waals surface area contributed by atoms with Crippen molar-refractivity contribution in [3.8, 4) is 11.8 Å². The highest BCUT2D eigenvalue weighted by molar-refractivity contribution is 6.42. The fourth-order valence-electron chi connectivity index (χ4n) is 2.46. The van der Waals surface area contributed by atoms with E-state index in [9.17, 15) is 20.0 Å². The zero-order valence-electron chi connectivity index (χ0n) is 13.2. The first-order chi connectivity index (χ1) is 11.9. The average molecular weight is 383 g/mol. The predicted molar refractivity (Wildman–Crippen MR) is 94.5 cm³/mol. The topological polar surface area (TPSA) is 96.7 Å². The molecule has 2 rings (SSSR count). The van der Waals surface area contributed by atoms with E-state index >= 15 is 0 Å². The van der Waals surface area contributed by atoms with E-state index in [1.54, 1.807) is 0 Å². The molecule has 1 aromatic rings. The molecule has 132 valence electrons. The highest BCUT2D eigenvalue weighted by Gasteiger charge is 2.31. The summed E-state index contributed by atoms with van der Waals surface area (Å²) in [6.07, 6.45) is 1.15. The lowest BCUT2D eigenvalue weighted by molar-refractivity contribution is -0.137. The second-order valence-corrected chi connectivity index (χ2v) is 6.17. The molecule has 0 aliphatic carbocycles. The number of hydrogen-bond donors (Lipinski definition) is 2. The first-order valence-corrected chi connectivity index (χ1v) is 8.15. The monoisotopic (exact) mass is 382 g/mol. The van der Waals surface area contributed by atoms with Gasteiger partial charge in [-0.2, -0.15) is 5.26 Å². The summed E-state index contributed by atoms with van der Waals surface area (Å²) in [5.74, 6) is -0.729. The van der Waals surface area contributed by atoms with E-state index in [2.05, 4.69) is 11.9 Å². The van der Waals surface area contributed by atoms with Crippen molar-refractivity contribution in [1.29, 1.82) is 5.26 Å². The van der Waals surface area contributed by atoms with Gasteiger partial charge in [0.05, 0.1) is 34.9 Å². The third-order valence-electron chi connectivity index (χ3n) is 3.81. The fraction of sp³-hybridized carbons (Fsp3) is 0.312. The van der Waals surface area contributed by atoms with Crippen LogP contribution in [0.3, 0.4) is 0 Å². The minimum atomic E-state index is -0.721. The molecule has 1 unspecified atom stereocenters. The van der Waals surface area contributed by atoms with Crippen molar-refractivity contribution in [2.24, 2.45) is 0 Å². The fourth-order valence-corrected chi connectivity index (χ4v) is 2.78. The molecule has 1 saturated heterocycles. The molecule has 1 fully saturated rings. The SMILES string of the molecule is C=CC(=O)N1CCN(C(=O)CNc2cc(Cl)c(Cl)cc2O)CC1C#N. The maximum absolute atomic E-state index is 12.3. The summed E-state index contributed by atoms with van der Waals surface area (Å²) in [6, 6.07) is 4.00. The zero-order chi connectivity index (χ0) is 18.6. The highest BCUT2D eigenvalue weighted by Crippen LogP contribution is 2.33. The van der Waals surface area contributed by atoms with Gasteiger partial charge in [0, 0.05) is 19.2 Å². The number of amides is 2. The molecular formula is C16H16Cl2N4O3. The lowest BCUT2D eigenvalue weighted by Gasteiger charge is -2.37. The average Bonchev–Trinajstić information content (AvgIpc) is 2.62. The largest absolute Gasteiger partial charge is 0.506 e. The number of hydrogen-bond acceptors (Lipinski definition) is 5. The summed E-state index contributed by atoms with van der Waals surface area (Å²) < 4.78 is 0. The number of anilines is 1. The Bertz CT molecular complexity index is 748. The molecule has 9 heteroatoms. The Labute approximate surface area is 155 Å². The van der Waals surface area contributed by atoms with Crippen LogP contribution in [0, 0.1) is 11.3 Å². The lowest BCUT2D eigenvalue weighted by Crippen LogP contribution is -2.56. The van der Waals surface area contributed by atoms with Crippen molar-refractivity contribution in [3.05, 3.63) is 34.8 Å². The predicted octanol–water partition coefficient (Wildman–Crippen LogP) is 1.86. The molecule has 0 aromatic heterocycles. The van der Waals surface area contributed by atoms with Crippen molar-refractivity contribution < 1.29 is 14.7 Å². The second-order valence-electron chi connectivity index (χ2n) is 5.36. The van der Waals surface area contributed by atoms with Gasteiger partial charge in [-0.15, -0.1) is 0 Å². The van der Waals surface area contributed by atoms with Crippen LogP contribution in [-0.4, -0.2) is 58.9 Å². The number of rotatable bonds is 4. The van der Waals surface area contributed by atoms with E-state index in [0.29, 0.717) is 6.54 Å². The number of aromatic hydroxyl groups is 1. The molecule has 1 aliphatic rings. The molecule has 0 bridgehead atoms. The molecular weight excluding hydrogens is 367 g/mol. The first-order valence-electron chi connectivity index (χ1n) is 7.39. The van der Waals surface area contributed by atoms with Crippen LogP contribution < -0.4 is 5.32 Å². The Hall–Kier alpha value is -2.43. The maximum atomic E-state index is 12.3. The van der Waals surface area contributed by atoms with E-state index < -0.39 is 6.04 Å². The Balaban J connectivity index is 1.98. The number of nitrogens with zero attached hydrogens (tertiary/aromatic N) is 3. The van der Waals surface area contributed by atoms with Crippen molar-refractivity contribution in [2.45, 2.75) is 6.04 Å². The number of nitrogens with one attached hydrogen (secondary N) is 1. The lowest BCUT2D eigenvalue weighted by atomic mass is 10.1. The second kappa shape index (κ2) is 8.10. The van der Waals surface area contributed by atoms with Gasteiger partial charge < -0.3 is 20.2 Å². The summed E-state index contributed by atoms with van der Waals surface area (Å²) in [7, 11) is 0. The van der Waals surface area contributed by atoms with Crippen LogP contribution in [0.15, 0.2) is 24.8 Å². The van der Waals surface area contributed by atoms with Gasteiger partial charge in [0.25, 0.3) is 0 Å². The number of carbonyl (C=O) groups is 2. The molecule has 2 N–H and O–H groups in total. The van der Waals surface area contributed by atoms with Gasteiger partial charge in [-0.05, 0) is 12.1 Å². The summed E-state index contributed by atoms with van der Waals surface area (Å²) in [5.41, 5.74) is 0.278. The Kier molecular flexibility index (Phi) is 6.12. The Morgan fingerprint density at radius 2 is 2.08 bits per heavy atom. The van der Waals surface area contributed by atoms with Crippen LogP contribution in [0.4, 0.5) is 5.69 Å². The third-order valence-corrected chi connectivity index (χ3v) is 4.53. The number of carbonyl (C=O) groups excluding carboxylic acids is 2. The first kappa shape index (κ1) is 18.9. The van der Waals surface area contributed by atoms with Crippen LogP contribution in [0.5, 0.6) is 5.75 Å². The number of phenolic OH excluding ortho intramolecular Hbond substituents is 1. The molecule has 1 atom stereocenters. The van der Waals surface area contributed by atoms with Crippen LogP contribution in [0.1, 0.15) is 0 Å². The van der Waals surface area contributed by atoms with Crippen molar-refractivity contribution in [2.75, 3.05) is 31.5 Å². The third kappa shape index (κ3) is 4.35. The van der Waals surface area contributed by atoms with E-state index in [4.69, 9.17) is 23.2 Å². The smallest absolute Gasteiger partial charge is 0.247 e.